The molecule has 1 N–H and O–H groups in total. The number of rotatable bonds is 1. The van der Waals surface area contributed by atoms with Gasteiger partial charge in [-0.1, -0.05) is 12.5 Å². The Morgan fingerprint density at radius 2 is 1.72 bits per heavy atom. The van der Waals surface area contributed by atoms with Gasteiger partial charge in [-0.15, -0.1) is 0 Å². The van der Waals surface area contributed by atoms with Crippen LogP contribution in [-0.4, -0.2) is 10.9 Å². The molecule has 0 radical (unpaired) electrons. The third-order valence-corrected chi connectivity index (χ3v) is 3.86. The highest BCUT2D eigenvalue weighted by atomic mass is 16.7. The molecule has 0 aromatic heterocycles. The molecule has 0 atom stereocenters. The summed E-state index contributed by atoms with van der Waals surface area (Å²) in [4.78, 5) is 0. The Morgan fingerprint density at radius 3 is 2.39 bits per heavy atom. The van der Waals surface area contributed by atoms with E-state index in [0.717, 1.165) is 42.7 Å². The molecule has 0 bridgehead atoms. The molecule has 18 heavy (non-hydrogen) atoms. The van der Waals surface area contributed by atoms with E-state index in [-0.39, 0.29) is 0 Å². The third kappa shape index (κ3) is 1.97. The fourth-order valence-corrected chi connectivity index (χ4v) is 2.77. The minimum Gasteiger partial charge on any atom is -0.448 e. The molecule has 0 amide bonds. The zero-order valence-corrected chi connectivity index (χ0v) is 11.0. The highest BCUT2D eigenvalue weighted by molar-refractivity contribution is 5.47. The van der Waals surface area contributed by atoms with Gasteiger partial charge in [0.1, 0.15) is 0 Å². The number of benzene rings is 1. The van der Waals surface area contributed by atoms with Crippen LogP contribution in [0.15, 0.2) is 18.2 Å². The van der Waals surface area contributed by atoms with Crippen LogP contribution < -0.4 is 9.47 Å². The van der Waals surface area contributed by atoms with Crippen LogP contribution in [0, 0.1) is 0 Å². The van der Waals surface area contributed by atoms with Gasteiger partial charge in [0, 0.05) is 12.8 Å². The summed E-state index contributed by atoms with van der Waals surface area (Å²) in [6.07, 6.45) is 5.50. The van der Waals surface area contributed by atoms with Gasteiger partial charge >= 0.3 is 0 Å². The molecule has 0 saturated heterocycles. The van der Waals surface area contributed by atoms with Gasteiger partial charge in [0.15, 0.2) is 11.5 Å². The SMILES string of the molecule is CC(C)(O)c1ccc2c(c1)OC1(CCCCC1)O2. The largest absolute Gasteiger partial charge is 0.448 e. The van der Waals surface area contributed by atoms with Gasteiger partial charge in [0.2, 0.25) is 0 Å². The summed E-state index contributed by atoms with van der Waals surface area (Å²) in [5, 5.41) is 10.0. The summed E-state index contributed by atoms with van der Waals surface area (Å²) < 4.78 is 12.0. The first-order chi connectivity index (χ1) is 8.49. The van der Waals surface area contributed by atoms with E-state index in [2.05, 4.69) is 0 Å². The molecule has 3 rings (SSSR count). The predicted molar refractivity (Wildman–Crippen MR) is 68.8 cm³/mol. The molecule has 1 aromatic rings. The molecular weight excluding hydrogens is 228 g/mol. The zero-order chi connectivity index (χ0) is 12.8. The van der Waals surface area contributed by atoms with Crippen molar-refractivity contribution < 1.29 is 14.6 Å². The Hall–Kier alpha value is -1.22. The summed E-state index contributed by atoms with van der Waals surface area (Å²) in [6, 6.07) is 5.72. The Labute approximate surface area is 108 Å². The Kier molecular flexibility index (Phi) is 2.56. The summed E-state index contributed by atoms with van der Waals surface area (Å²) in [5.74, 6) is 1.15. The average molecular weight is 248 g/mol. The lowest BCUT2D eigenvalue weighted by atomic mass is 9.94. The Balaban J connectivity index is 1.89. The molecule has 98 valence electrons. The summed E-state index contributed by atoms with van der Waals surface area (Å²) >= 11 is 0. The molecule has 1 spiro atoms. The first-order valence-corrected chi connectivity index (χ1v) is 6.74. The molecule has 1 aliphatic heterocycles. The molecule has 3 nitrogen and oxygen atoms in total. The van der Waals surface area contributed by atoms with Crippen molar-refractivity contribution >= 4 is 0 Å². The van der Waals surface area contributed by atoms with E-state index in [4.69, 9.17) is 9.47 Å². The fraction of sp³-hybridized carbons (Fsp3) is 0.600. The average Bonchev–Trinajstić information content (AvgIpc) is 2.65. The second-order valence-corrected chi connectivity index (χ2v) is 5.90. The maximum absolute atomic E-state index is 10.0. The van der Waals surface area contributed by atoms with E-state index >= 15 is 0 Å². The van der Waals surface area contributed by atoms with Crippen molar-refractivity contribution in [2.75, 3.05) is 0 Å². The predicted octanol–water partition coefficient (Wildman–Crippen LogP) is 3.35. The van der Waals surface area contributed by atoms with Gasteiger partial charge in [0.05, 0.1) is 5.60 Å². The number of hydrogen-bond donors (Lipinski definition) is 1. The molecule has 1 aromatic carbocycles. The van der Waals surface area contributed by atoms with Crippen LogP contribution in [0.25, 0.3) is 0 Å². The lowest BCUT2D eigenvalue weighted by Crippen LogP contribution is -2.40. The van der Waals surface area contributed by atoms with Crippen molar-refractivity contribution in [2.24, 2.45) is 0 Å². The molecule has 1 aliphatic carbocycles. The van der Waals surface area contributed by atoms with Crippen molar-refractivity contribution in [1.82, 2.24) is 0 Å². The quantitative estimate of drug-likeness (QED) is 0.828. The summed E-state index contributed by atoms with van der Waals surface area (Å²) in [5.41, 5.74) is 0.0125. The van der Waals surface area contributed by atoms with E-state index in [9.17, 15) is 5.11 Å². The fourth-order valence-electron chi connectivity index (χ4n) is 2.77. The maximum Gasteiger partial charge on any atom is 0.251 e. The smallest absolute Gasteiger partial charge is 0.251 e. The first-order valence-electron chi connectivity index (χ1n) is 6.74. The van der Waals surface area contributed by atoms with Crippen LogP contribution in [0.4, 0.5) is 0 Å². The molecule has 0 unspecified atom stereocenters. The van der Waals surface area contributed by atoms with E-state index in [0.29, 0.717) is 0 Å². The second-order valence-electron chi connectivity index (χ2n) is 5.90. The number of aliphatic hydroxyl groups is 1. The van der Waals surface area contributed by atoms with Gasteiger partial charge in [0.25, 0.3) is 5.79 Å². The van der Waals surface area contributed by atoms with E-state index < -0.39 is 11.4 Å². The van der Waals surface area contributed by atoms with Crippen LogP contribution in [-0.2, 0) is 5.60 Å². The highest BCUT2D eigenvalue weighted by Crippen LogP contribution is 2.46. The maximum atomic E-state index is 10.0. The van der Waals surface area contributed by atoms with E-state index in [1.54, 1.807) is 13.8 Å². The lowest BCUT2D eigenvalue weighted by molar-refractivity contribution is -0.105. The Bertz CT molecular complexity index is 453. The molecule has 2 aliphatic rings. The van der Waals surface area contributed by atoms with Crippen molar-refractivity contribution in [1.29, 1.82) is 0 Å². The molecule has 1 saturated carbocycles. The first kappa shape index (κ1) is 11.8. The topological polar surface area (TPSA) is 38.7 Å². The molecule has 1 fully saturated rings. The van der Waals surface area contributed by atoms with Crippen LogP contribution in [0.2, 0.25) is 0 Å². The van der Waals surface area contributed by atoms with Gasteiger partial charge in [-0.3, -0.25) is 0 Å². The molecule has 3 heteroatoms. The number of hydrogen-bond acceptors (Lipinski definition) is 3. The van der Waals surface area contributed by atoms with Crippen molar-refractivity contribution in [3.63, 3.8) is 0 Å². The van der Waals surface area contributed by atoms with Crippen LogP contribution in [0.3, 0.4) is 0 Å². The standard InChI is InChI=1S/C15H20O3/c1-14(2,16)11-6-7-12-13(10-11)18-15(17-12)8-4-3-5-9-15/h6-7,10,16H,3-5,8-9H2,1-2H3. The van der Waals surface area contributed by atoms with Gasteiger partial charge < -0.3 is 14.6 Å². The normalized spacial score (nSPS) is 21.3. The van der Waals surface area contributed by atoms with Gasteiger partial charge in [-0.2, -0.15) is 0 Å². The molecular formula is C15H20O3. The van der Waals surface area contributed by atoms with Crippen molar-refractivity contribution in [3.8, 4) is 11.5 Å². The number of ether oxygens (including phenoxy) is 2. The zero-order valence-electron chi connectivity index (χ0n) is 11.0. The number of fused-ring (bicyclic) bond motifs is 1. The van der Waals surface area contributed by atoms with Gasteiger partial charge in [-0.25, -0.2) is 0 Å². The monoisotopic (exact) mass is 248 g/mol. The molecule has 1 heterocycles. The van der Waals surface area contributed by atoms with Crippen LogP contribution >= 0.6 is 0 Å². The van der Waals surface area contributed by atoms with Crippen molar-refractivity contribution in [2.45, 2.75) is 57.3 Å². The van der Waals surface area contributed by atoms with Crippen LogP contribution in [0.5, 0.6) is 11.5 Å². The minimum atomic E-state index is -0.847. The second kappa shape index (κ2) is 3.89. The summed E-state index contributed by atoms with van der Waals surface area (Å²) in [7, 11) is 0. The van der Waals surface area contributed by atoms with Crippen molar-refractivity contribution in [3.05, 3.63) is 23.8 Å². The minimum absolute atomic E-state index is 0.432. The lowest BCUT2D eigenvalue weighted by Gasteiger charge is -2.31. The third-order valence-electron chi connectivity index (χ3n) is 3.86. The van der Waals surface area contributed by atoms with E-state index in [1.807, 2.05) is 18.2 Å². The Morgan fingerprint density at radius 1 is 1.06 bits per heavy atom. The van der Waals surface area contributed by atoms with E-state index in [1.165, 1.54) is 6.42 Å². The highest BCUT2D eigenvalue weighted by Gasteiger charge is 2.42. The summed E-state index contributed by atoms with van der Waals surface area (Å²) in [6.45, 7) is 3.56. The van der Waals surface area contributed by atoms with Gasteiger partial charge in [-0.05, 0) is 44.4 Å². The van der Waals surface area contributed by atoms with Crippen LogP contribution in [0.1, 0.15) is 51.5 Å².